The fraction of sp³-hybridized carbons (Fsp3) is 0.231. The second-order valence-electron chi connectivity index (χ2n) is 3.38. The third-order valence-corrected chi connectivity index (χ3v) is 2.06. The predicted molar refractivity (Wildman–Crippen MR) is 65.5 cm³/mol. The number of hydrogen-bond acceptors (Lipinski definition) is 2. The number of carbonyl (C=O) groups excluding carboxylic acids is 1. The smallest absolute Gasteiger partial charge is 0.217 e. The molecule has 0 bridgehead atoms. The standard InChI is InChI=1S/C13H16N2O/c1-2-6-11(7-5-9-13(14)16)12-8-3-4-10-15-12/h2-4,6-8,10H,5,9H2,1H3,(H2,14,16)/b6-2-,11-7+. The summed E-state index contributed by atoms with van der Waals surface area (Å²) in [6, 6.07) is 5.75. The Bertz CT molecular complexity index is 394. The molecule has 0 saturated carbocycles. The molecule has 16 heavy (non-hydrogen) atoms. The SMILES string of the molecule is C/C=C\C(=C/CCC(N)=O)c1ccccn1. The van der Waals surface area contributed by atoms with Gasteiger partial charge < -0.3 is 5.73 Å². The lowest BCUT2D eigenvalue weighted by Gasteiger charge is -2.01. The van der Waals surface area contributed by atoms with E-state index < -0.39 is 0 Å². The maximum Gasteiger partial charge on any atom is 0.217 e. The maximum absolute atomic E-state index is 10.6. The highest BCUT2D eigenvalue weighted by atomic mass is 16.1. The molecule has 0 spiro atoms. The summed E-state index contributed by atoms with van der Waals surface area (Å²) in [5.74, 6) is -0.280. The van der Waals surface area contributed by atoms with Gasteiger partial charge in [0, 0.05) is 12.6 Å². The summed E-state index contributed by atoms with van der Waals surface area (Å²) in [5, 5.41) is 0. The van der Waals surface area contributed by atoms with E-state index in [1.165, 1.54) is 0 Å². The van der Waals surface area contributed by atoms with Gasteiger partial charge in [-0.3, -0.25) is 9.78 Å². The van der Waals surface area contributed by atoms with Crippen LogP contribution in [0.15, 0.2) is 42.6 Å². The molecule has 1 aromatic rings. The third kappa shape index (κ3) is 4.09. The lowest BCUT2D eigenvalue weighted by molar-refractivity contribution is -0.117. The van der Waals surface area contributed by atoms with Crippen LogP contribution in [0, 0.1) is 0 Å². The molecular formula is C13H16N2O. The summed E-state index contributed by atoms with van der Waals surface area (Å²) in [6.07, 6.45) is 8.67. The quantitative estimate of drug-likeness (QED) is 0.768. The van der Waals surface area contributed by atoms with E-state index in [1.807, 2.05) is 43.4 Å². The second-order valence-corrected chi connectivity index (χ2v) is 3.38. The van der Waals surface area contributed by atoms with E-state index >= 15 is 0 Å². The number of nitrogens with zero attached hydrogens (tertiary/aromatic N) is 1. The molecule has 0 aliphatic carbocycles. The largest absolute Gasteiger partial charge is 0.370 e. The van der Waals surface area contributed by atoms with Gasteiger partial charge in [-0.15, -0.1) is 0 Å². The van der Waals surface area contributed by atoms with E-state index in [4.69, 9.17) is 5.73 Å². The van der Waals surface area contributed by atoms with Crippen LogP contribution in [0.2, 0.25) is 0 Å². The van der Waals surface area contributed by atoms with Crippen LogP contribution in [-0.2, 0) is 4.79 Å². The first-order chi connectivity index (χ1) is 7.74. The first-order valence-corrected chi connectivity index (χ1v) is 5.26. The van der Waals surface area contributed by atoms with E-state index in [0.717, 1.165) is 11.3 Å². The molecule has 1 amide bonds. The van der Waals surface area contributed by atoms with Crippen LogP contribution in [0.5, 0.6) is 0 Å². The van der Waals surface area contributed by atoms with Crippen molar-refractivity contribution in [2.45, 2.75) is 19.8 Å². The third-order valence-electron chi connectivity index (χ3n) is 2.06. The predicted octanol–water partition coefficient (Wildman–Crippen LogP) is 2.31. The Kier molecular flexibility index (Phi) is 4.99. The average Bonchev–Trinajstić information content (AvgIpc) is 2.29. The molecule has 3 heteroatoms. The fourth-order valence-electron chi connectivity index (χ4n) is 1.34. The minimum absolute atomic E-state index is 0.280. The molecule has 0 unspecified atom stereocenters. The first-order valence-electron chi connectivity index (χ1n) is 5.26. The van der Waals surface area contributed by atoms with Gasteiger partial charge in [0.1, 0.15) is 0 Å². The van der Waals surface area contributed by atoms with Crippen LogP contribution in [0.1, 0.15) is 25.5 Å². The Labute approximate surface area is 95.7 Å². The van der Waals surface area contributed by atoms with E-state index in [2.05, 4.69) is 4.98 Å². The highest BCUT2D eigenvalue weighted by Gasteiger charge is 1.98. The highest BCUT2D eigenvalue weighted by molar-refractivity contribution is 5.75. The Morgan fingerprint density at radius 3 is 2.88 bits per heavy atom. The van der Waals surface area contributed by atoms with Crippen LogP contribution in [0.3, 0.4) is 0 Å². The molecule has 0 atom stereocenters. The number of nitrogens with two attached hydrogens (primary N) is 1. The molecule has 0 radical (unpaired) electrons. The molecule has 1 rings (SSSR count). The molecular weight excluding hydrogens is 200 g/mol. The van der Waals surface area contributed by atoms with Crippen LogP contribution >= 0.6 is 0 Å². The Morgan fingerprint density at radius 2 is 2.31 bits per heavy atom. The molecule has 0 aliphatic rings. The molecule has 1 aromatic heterocycles. The van der Waals surface area contributed by atoms with Crippen molar-refractivity contribution in [1.29, 1.82) is 0 Å². The van der Waals surface area contributed by atoms with Gasteiger partial charge in [-0.1, -0.05) is 24.3 Å². The van der Waals surface area contributed by atoms with Gasteiger partial charge >= 0.3 is 0 Å². The van der Waals surface area contributed by atoms with Crippen LogP contribution in [0.25, 0.3) is 5.57 Å². The first kappa shape index (κ1) is 12.2. The van der Waals surface area contributed by atoms with Crippen molar-refractivity contribution in [3.63, 3.8) is 0 Å². The van der Waals surface area contributed by atoms with Gasteiger partial charge in [-0.05, 0) is 31.1 Å². The topological polar surface area (TPSA) is 56.0 Å². The number of amides is 1. The van der Waals surface area contributed by atoms with Gasteiger partial charge in [0.25, 0.3) is 0 Å². The molecule has 0 saturated heterocycles. The number of primary amides is 1. The van der Waals surface area contributed by atoms with Gasteiger partial charge in [0.05, 0.1) is 5.69 Å². The molecule has 1 heterocycles. The second kappa shape index (κ2) is 6.56. The summed E-state index contributed by atoms with van der Waals surface area (Å²) < 4.78 is 0. The zero-order chi connectivity index (χ0) is 11.8. The number of pyridine rings is 1. The average molecular weight is 216 g/mol. The number of carbonyl (C=O) groups is 1. The van der Waals surface area contributed by atoms with Crippen molar-refractivity contribution in [1.82, 2.24) is 4.98 Å². The number of hydrogen-bond donors (Lipinski definition) is 1. The van der Waals surface area contributed by atoms with Crippen LogP contribution in [0.4, 0.5) is 0 Å². The van der Waals surface area contributed by atoms with E-state index in [0.29, 0.717) is 12.8 Å². The summed E-state index contributed by atoms with van der Waals surface area (Å²) in [7, 11) is 0. The Hall–Kier alpha value is -1.90. The fourth-order valence-corrected chi connectivity index (χ4v) is 1.34. The van der Waals surface area contributed by atoms with E-state index in [1.54, 1.807) is 6.20 Å². The molecule has 2 N–H and O–H groups in total. The van der Waals surface area contributed by atoms with Crippen molar-refractivity contribution in [2.24, 2.45) is 5.73 Å². The minimum Gasteiger partial charge on any atom is -0.370 e. The zero-order valence-electron chi connectivity index (χ0n) is 9.39. The van der Waals surface area contributed by atoms with E-state index in [-0.39, 0.29) is 5.91 Å². The van der Waals surface area contributed by atoms with Gasteiger partial charge in [0.2, 0.25) is 5.91 Å². The molecule has 0 aromatic carbocycles. The Morgan fingerprint density at radius 1 is 1.50 bits per heavy atom. The van der Waals surface area contributed by atoms with Crippen LogP contribution < -0.4 is 5.73 Å². The van der Waals surface area contributed by atoms with Gasteiger partial charge in [-0.25, -0.2) is 0 Å². The monoisotopic (exact) mass is 216 g/mol. The molecule has 0 aliphatic heterocycles. The van der Waals surface area contributed by atoms with Gasteiger partial charge in [0.15, 0.2) is 0 Å². The van der Waals surface area contributed by atoms with Crippen molar-refractivity contribution < 1.29 is 4.79 Å². The highest BCUT2D eigenvalue weighted by Crippen LogP contribution is 2.14. The van der Waals surface area contributed by atoms with Crippen LogP contribution in [-0.4, -0.2) is 10.9 Å². The van der Waals surface area contributed by atoms with E-state index in [9.17, 15) is 4.79 Å². The maximum atomic E-state index is 10.6. The number of aromatic nitrogens is 1. The normalized spacial score (nSPS) is 11.9. The Balaban J connectivity index is 2.79. The lowest BCUT2D eigenvalue weighted by Crippen LogP contribution is -2.09. The van der Waals surface area contributed by atoms with Crippen molar-refractivity contribution in [3.05, 3.63) is 48.3 Å². The summed E-state index contributed by atoms with van der Waals surface area (Å²) in [6.45, 7) is 1.95. The number of rotatable bonds is 5. The van der Waals surface area contributed by atoms with Crippen molar-refractivity contribution >= 4 is 11.5 Å². The molecule has 84 valence electrons. The molecule has 0 fully saturated rings. The summed E-state index contributed by atoms with van der Waals surface area (Å²) in [5.41, 5.74) is 7.01. The van der Waals surface area contributed by atoms with Crippen molar-refractivity contribution in [3.8, 4) is 0 Å². The summed E-state index contributed by atoms with van der Waals surface area (Å²) >= 11 is 0. The number of allylic oxidation sites excluding steroid dienone is 4. The molecule has 3 nitrogen and oxygen atoms in total. The van der Waals surface area contributed by atoms with Crippen molar-refractivity contribution in [2.75, 3.05) is 0 Å². The summed E-state index contributed by atoms with van der Waals surface area (Å²) in [4.78, 5) is 14.9. The minimum atomic E-state index is -0.280. The van der Waals surface area contributed by atoms with Gasteiger partial charge in [-0.2, -0.15) is 0 Å². The zero-order valence-corrected chi connectivity index (χ0v) is 9.39. The lowest BCUT2D eigenvalue weighted by atomic mass is 10.1.